The summed E-state index contributed by atoms with van der Waals surface area (Å²) in [5.41, 5.74) is 0.133. The maximum atomic E-state index is 13.5. The standard InChI is InChI=1S/C14H10F4N2OS/c15-8-5-6-10(9(16)7-8)19-14(22)20-11-3-1-2-4-12(11)21-13(17)18/h1-7,13H,(H2,19,20,22). The monoisotopic (exact) mass is 330 g/mol. The van der Waals surface area contributed by atoms with Crippen LogP contribution in [0.25, 0.3) is 0 Å². The fourth-order valence-corrected chi connectivity index (χ4v) is 1.86. The van der Waals surface area contributed by atoms with Gasteiger partial charge in [0.25, 0.3) is 0 Å². The first-order valence-electron chi connectivity index (χ1n) is 6.02. The van der Waals surface area contributed by atoms with Gasteiger partial charge in [0.05, 0.1) is 11.4 Å². The summed E-state index contributed by atoms with van der Waals surface area (Å²) < 4.78 is 55.2. The van der Waals surface area contributed by atoms with Crippen molar-refractivity contribution < 1.29 is 22.3 Å². The number of halogens is 4. The zero-order valence-electron chi connectivity index (χ0n) is 10.9. The number of hydrogen-bond donors (Lipinski definition) is 2. The molecule has 0 aromatic heterocycles. The van der Waals surface area contributed by atoms with Gasteiger partial charge in [-0.25, -0.2) is 8.78 Å². The maximum absolute atomic E-state index is 13.5. The van der Waals surface area contributed by atoms with Crippen LogP contribution >= 0.6 is 12.2 Å². The molecule has 0 aliphatic heterocycles. The maximum Gasteiger partial charge on any atom is 0.387 e. The Labute approximate surface area is 128 Å². The number of para-hydroxylation sites is 2. The van der Waals surface area contributed by atoms with Crippen molar-refractivity contribution in [3.63, 3.8) is 0 Å². The molecule has 0 atom stereocenters. The van der Waals surface area contributed by atoms with Gasteiger partial charge >= 0.3 is 6.61 Å². The van der Waals surface area contributed by atoms with Crippen LogP contribution in [0.15, 0.2) is 42.5 Å². The molecule has 0 bridgehead atoms. The molecule has 0 radical (unpaired) electrons. The zero-order valence-corrected chi connectivity index (χ0v) is 11.8. The third-order valence-corrected chi connectivity index (χ3v) is 2.73. The van der Waals surface area contributed by atoms with Gasteiger partial charge in [-0.15, -0.1) is 0 Å². The van der Waals surface area contributed by atoms with Gasteiger partial charge < -0.3 is 15.4 Å². The molecular weight excluding hydrogens is 320 g/mol. The molecule has 0 aliphatic carbocycles. The van der Waals surface area contributed by atoms with Gasteiger partial charge in [-0.3, -0.25) is 0 Å². The third kappa shape index (κ3) is 4.32. The number of alkyl halides is 2. The summed E-state index contributed by atoms with van der Waals surface area (Å²) in [6.45, 7) is -2.99. The van der Waals surface area contributed by atoms with Gasteiger partial charge in [0, 0.05) is 6.07 Å². The first kappa shape index (κ1) is 16.0. The van der Waals surface area contributed by atoms with E-state index in [1.807, 2.05) is 0 Å². The molecule has 0 spiro atoms. The van der Waals surface area contributed by atoms with Crippen molar-refractivity contribution in [3.8, 4) is 5.75 Å². The number of anilines is 2. The van der Waals surface area contributed by atoms with E-state index >= 15 is 0 Å². The summed E-state index contributed by atoms with van der Waals surface area (Å²) in [5.74, 6) is -1.67. The highest BCUT2D eigenvalue weighted by Crippen LogP contribution is 2.26. The fourth-order valence-electron chi connectivity index (χ4n) is 1.64. The van der Waals surface area contributed by atoms with Crippen LogP contribution in [0.4, 0.5) is 28.9 Å². The summed E-state index contributed by atoms with van der Waals surface area (Å²) in [6, 6.07) is 8.81. The highest BCUT2D eigenvalue weighted by molar-refractivity contribution is 7.80. The van der Waals surface area contributed by atoms with Crippen molar-refractivity contribution in [1.29, 1.82) is 0 Å². The SMILES string of the molecule is Fc1ccc(NC(=S)Nc2ccccc2OC(F)F)c(F)c1. The lowest BCUT2D eigenvalue weighted by Crippen LogP contribution is -2.20. The lowest BCUT2D eigenvalue weighted by Gasteiger charge is -2.14. The highest BCUT2D eigenvalue weighted by atomic mass is 32.1. The average molecular weight is 330 g/mol. The molecule has 0 amide bonds. The van der Waals surface area contributed by atoms with E-state index in [0.29, 0.717) is 6.07 Å². The van der Waals surface area contributed by atoms with Crippen molar-refractivity contribution in [2.24, 2.45) is 0 Å². The van der Waals surface area contributed by atoms with E-state index in [-0.39, 0.29) is 22.2 Å². The van der Waals surface area contributed by atoms with Crippen LogP contribution < -0.4 is 15.4 Å². The number of thiocarbonyl (C=S) groups is 1. The Morgan fingerprint density at radius 2 is 1.68 bits per heavy atom. The summed E-state index contributed by atoms with van der Waals surface area (Å²) in [5, 5.41) is 5.05. The molecule has 2 aromatic rings. The molecule has 0 saturated carbocycles. The predicted octanol–water partition coefficient (Wildman–Crippen LogP) is 4.38. The molecule has 0 unspecified atom stereocenters. The summed E-state index contributed by atoms with van der Waals surface area (Å²) >= 11 is 4.96. The van der Waals surface area contributed by atoms with Gasteiger partial charge in [0.2, 0.25) is 0 Å². The second-order valence-corrected chi connectivity index (χ2v) is 4.49. The molecule has 2 aromatic carbocycles. The molecule has 0 saturated heterocycles. The Bertz CT molecular complexity index is 682. The number of hydrogen-bond acceptors (Lipinski definition) is 2. The second-order valence-electron chi connectivity index (χ2n) is 4.08. The quantitative estimate of drug-likeness (QED) is 0.644. The molecule has 116 valence electrons. The van der Waals surface area contributed by atoms with E-state index in [1.165, 1.54) is 24.3 Å². The van der Waals surface area contributed by atoms with E-state index in [1.54, 1.807) is 6.07 Å². The average Bonchev–Trinajstić information content (AvgIpc) is 2.43. The number of benzene rings is 2. The number of nitrogens with one attached hydrogen (secondary N) is 2. The Kier molecular flexibility index (Phi) is 5.16. The Morgan fingerprint density at radius 3 is 2.36 bits per heavy atom. The molecule has 0 heterocycles. The van der Waals surface area contributed by atoms with E-state index in [2.05, 4.69) is 15.4 Å². The van der Waals surface area contributed by atoms with Crippen LogP contribution in [0.2, 0.25) is 0 Å². The minimum absolute atomic E-state index is 0.0499. The second kappa shape index (κ2) is 7.08. The van der Waals surface area contributed by atoms with Crippen LogP contribution in [0.1, 0.15) is 0 Å². The van der Waals surface area contributed by atoms with Crippen molar-refractivity contribution in [2.45, 2.75) is 6.61 Å². The molecule has 0 fully saturated rings. The molecule has 22 heavy (non-hydrogen) atoms. The van der Waals surface area contributed by atoms with Crippen molar-refractivity contribution >= 4 is 28.7 Å². The van der Waals surface area contributed by atoms with Gasteiger partial charge in [0.15, 0.2) is 5.11 Å². The molecule has 0 aliphatic rings. The first-order valence-corrected chi connectivity index (χ1v) is 6.43. The highest BCUT2D eigenvalue weighted by Gasteiger charge is 2.11. The van der Waals surface area contributed by atoms with Crippen LogP contribution in [0.5, 0.6) is 5.75 Å². The van der Waals surface area contributed by atoms with Crippen LogP contribution in [-0.4, -0.2) is 11.7 Å². The zero-order chi connectivity index (χ0) is 16.1. The van der Waals surface area contributed by atoms with E-state index in [9.17, 15) is 17.6 Å². The third-order valence-electron chi connectivity index (χ3n) is 2.53. The van der Waals surface area contributed by atoms with Gasteiger partial charge in [-0.2, -0.15) is 8.78 Å². The van der Waals surface area contributed by atoms with Gasteiger partial charge in [0.1, 0.15) is 17.4 Å². The molecule has 8 heteroatoms. The topological polar surface area (TPSA) is 33.3 Å². The summed E-state index contributed by atoms with van der Waals surface area (Å²) in [4.78, 5) is 0. The van der Waals surface area contributed by atoms with Crippen molar-refractivity contribution in [3.05, 3.63) is 54.1 Å². The van der Waals surface area contributed by atoms with E-state index in [4.69, 9.17) is 12.2 Å². The Balaban J connectivity index is 2.09. The molecule has 2 N–H and O–H groups in total. The van der Waals surface area contributed by atoms with Crippen LogP contribution in [0, 0.1) is 11.6 Å². The molecular formula is C14H10F4N2OS. The van der Waals surface area contributed by atoms with E-state index in [0.717, 1.165) is 6.07 Å². The Hall–Kier alpha value is -2.35. The minimum Gasteiger partial charge on any atom is -0.433 e. The molecule has 2 rings (SSSR count). The van der Waals surface area contributed by atoms with Crippen LogP contribution in [-0.2, 0) is 0 Å². The normalized spacial score (nSPS) is 10.4. The largest absolute Gasteiger partial charge is 0.433 e. The van der Waals surface area contributed by atoms with Gasteiger partial charge in [-0.05, 0) is 36.5 Å². The number of rotatable bonds is 4. The first-order chi connectivity index (χ1) is 10.5. The van der Waals surface area contributed by atoms with Crippen molar-refractivity contribution in [2.75, 3.05) is 10.6 Å². The fraction of sp³-hybridized carbons (Fsp3) is 0.0714. The van der Waals surface area contributed by atoms with Gasteiger partial charge in [-0.1, -0.05) is 12.1 Å². The number of ether oxygens (including phenoxy) is 1. The van der Waals surface area contributed by atoms with E-state index < -0.39 is 18.2 Å². The summed E-state index contributed by atoms with van der Waals surface area (Å²) in [6.07, 6.45) is 0. The predicted molar refractivity (Wildman–Crippen MR) is 79.3 cm³/mol. The lowest BCUT2D eigenvalue weighted by molar-refractivity contribution is -0.0493. The van der Waals surface area contributed by atoms with Crippen LogP contribution in [0.3, 0.4) is 0 Å². The molecule has 3 nitrogen and oxygen atoms in total. The summed E-state index contributed by atoms with van der Waals surface area (Å²) in [7, 11) is 0. The lowest BCUT2D eigenvalue weighted by atomic mass is 10.3. The Morgan fingerprint density at radius 1 is 1.00 bits per heavy atom. The minimum atomic E-state index is -2.99. The van der Waals surface area contributed by atoms with Crippen molar-refractivity contribution in [1.82, 2.24) is 0 Å². The smallest absolute Gasteiger partial charge is 0.387 e.